The molecule has 0 aliphatic heterocycles. The zero-order chi connectivity index (χ0) is 15.4. The molecule has 110 valence electrons. The van der Waals surface area contributed by atoms with E-state index in [-0.39, 0.29) is 23.7 Å². The zero-order valence-electron chi connectivity index (χ0n) is 12.4. The Kier molecular flexibility index (Phi) is 5.06. The van der Waals surface area contributed by atoms with Gasteiger partial charge in [0.15, 0.2) is 0 Å². The highest BCUT2D eigenvalue weighted by atomic mass is 19.1. The number of hydrogen-bond donors (Lipinski definition) is 2. The molecule has 1 aromatic rings. The van der Waals surface area contributed by atoms with E-state index in [1.54, 1.807) is 13.0 Å². The summed E-state index contributed by atoms with van der Waals surface area (Å²) < 4.78 is 12.8. The van der Waals surface area contributed by atoms with Crippen LogP contribution in [-0.2, 0) is 10.4 Å². The lowest BCUT2D eigenvalue weighted by atomic mass is 9.95. The molecule has 0 spiro atoms. The van der Waals surface area contributed by atoms with Gasteiger partial charge in [0, 0.05) is 0 Å². The van der Waals surface area contributed by atoms with Crippen molar-refractivity contribution in [3.8, 4) is 0 Å². The lowest BCUT2D eigenvalue weighted by Crippen LogP contribution is -2.38. The van der Waals surface area contributed by atoms with Crippen molar-refractivity contribution < 1.29 is 14.3 Å². The van der Waals surface area contributed by atoms with E-state index in [4.69, 9.17) is 0 Å². The summed E-state index contributed by atoms with van der Waals surface area (Å²) in [5.41, 5.74) is -0.755. The van der Waals surface area contributed by atoms with Crippen molar-refractivity contribution in [2.75, 3.05) is 6.54 Å². The third kappa shape index (κ3) is 5.53. The topological polar surface area (TPSA) is 49.3 Å². The second kappa shape index (κ2) is 6.18. The molecule has 0 fully saturated rings. The summed E-state index contributed by atoms with van der Waals surface area (Å²) in [5, 5.41) is 12.9. The molecule has 1 unspecified atom stereocenters. The van der Waals surface area contributed by atoms with Gasteiger partial charge < -0.3 is 10.4 Å². The predicted octanol–water partition coefficient (Wildman–Crippen LogP) is 2.75. The Bertz CT molecular complexity index is 484. The molecule has 0 saturated carbocycles. The van der Waals surface area contributed by atoms with Crippen molar-refractivity contribution in [3.63, 3.8) is 0 Å². The maximum atomic E-state index is 12.8. The first kappa shape index (κ1) is 16.4. The quantitative estimate of drug-likeness (QED) is 0.833. The van der Waals surface area contributed by atoms with Crippen LogP contribution in [0.5, 0.6) is 0 Å². The van der Waals surface area contributed by atoms with Gasteiger partial charge in [-0.15, -0.1) is 0 Å². The molecule has 0 aliphatic carbocycles. The third-order valence-corrected chi connectivity index (χ3v) is 2.81. The van der Waals surface area contributed by atoms with Gasteiger partial charge in [-0.1, -0.05) is 39.0 Å². The lowest BCUT2D eigenvalue weighted by Gasteiger charge is -2.24. The van der Waals surface area contributed by atoms with Crippen LogP contribution in [0.3, 0.4) is 0 Å². The second-order valence-electron chi connectivity index (χ2n) is 6.20. The molecular weight excluding hydrogens is 257 g/mol. The fourth-order valence-corrected chi connectivity index (χ4v) is 1.55. The Labute approximate surface area is 119 Å². The van der Waals surface area contributed by atoms with E-state index in [1.165, 1.54) is 30.3 Å². The van der Waals surface area contributed by atoms with Crippen LogP contribution in [0.2, 0.25) is 0 Å². The first-order valence-electron chi connectivity index (χ1n) is 6.56. The van der Waals surface area contributed by atoms with Gasteiger partial charge in [-0.3, -0.25) is 4.79 Å². The van der Waals surface area contributed by atoms with E-state index in [9.17, 15) is 14.3 Å². The molecule has 1 aromatic carbocycles. The van der Waals surface area contributed by atoms with Crippen LogP contribution in [0.15, 0.2) is 36.4 Å². The molecule has 3 nitrogen and oxygen atoms in total. The lowest BCUT2D eigenvalue weighted by molar-refractivity contribution is -0.117. The number of allylic oxidation sites excluding steroid dienone is 1. The number of halogens is 1. The van der Waals surface area contributed by atoms with Gasteiger partial charge in [-0.25, -0.2) is 4.39 Å². The van der Waals surface area contributed by atoms with Crippen molar-refractivity contribution in [1.82, 2.24) is 5.32 Å². The maximum Gasteiger partial charge on any atom is 0.243 e. The summed E-state index contributed by atoms with van der Waals surface area (Å²) >= 11 is 0. The standard InChI is InChI=1S/C16H22FNO2/c1-15(2,3)10-9-14(19)18-11-16(4,20)12-5-7-13(17)8-6-12/h5-10,20H,11H2,1-4H3,(H,18,19)/b10-9+. The average Bonchev–Trinajstić information content (AvgIpc) is 2.34. The van der Waals surface area contributed by atoms with Crippen molar-refractivity contribution >= 4 is 5.91 Å². The van der Waals surface area contributed by atoms with Crippen molar-refractivity contribution in [1.29, 1.82) is 0 Å². The van der Waals surface area contributed by atoms with E-state index in [2.05, 4.69) is 5.32 Å². The van der Waals surface area contributed by atoms with Crippen LogP contribution >= 0.6 is 0 Å². The highest BCUT2D eigenvalue weighted by molar-refractivity contribution is 5.87. The molecule has 0 bridgehead atoms. The Hall–Kier alpha value is -1.68. The second-order valence-corrected chi connectivity index (χ2v) is 6.20. The molecule has 20 heavy (non-hydrogen) atoms. The minimum Gasteiger partial charge on any atom is -0.384 e. The van der Waals surface area contributed by atoms with Crippen LogP contribution in [0.4, 0.5) is 4.39 Å². The molecule has 0 saturated heterocycles. The number of hydrogen-bond acceptors (Lipinski definition) is 2. The summed E-state index contributed by atoms with van der Waals surface area (Å²) in [7, 11) is 0. The van der Waals surface area contributed by atoms with Crippen molar-refractivity contribution in [2.45, 2.75) is 33.3 Å². The van der Waals surface area contributed by atoms with Crippen LogP contribution < -0.4 is 5.32 Å². The number of benzene rings is 1. The van der Waals surface area contributed by atoms with Gasteiger partial charge in [0.25, 0.3) is 0 Å². The molecule has 1 atom stereocenters. The molecule has 0 radical (unpaired) electrons. The van der Waals surface area contributed by atoms with Gasteiger partial charge in [0.2, 0.25) is 5.91 Å². The summed E-state index contributed by atoms with van der Waals surface area (Å²) in [4.78, 5) is 11.7. The molecule has 1 rings (SSSR count). The first-order valence-corrected chi connectivity index (χ1v) is 6.56. The van der Waals surface area contributed by atoms with E-state index in [0.29, 0.717) is 5.56 Å². The molecule has 0 aliphatic rings. The number of carbonyl (C=O) groups excluding carboxylic acids is 1. The van der Waals surface area contributed by atoms with Crippen molar-refractivity contribution in [2.24, 2.45) is 5.41 Å². The molecule has 0 aromatic heterocycles. The summed E-state index contributed by atoms with van der Waals surface area (Å²) in [6.07, 6.45) is 3.26. The van der Waals surface area contributed by atoms with Crippen LogP contribution in [0.1, 0.15) is 33.3 Å². The van der Waals surface area contributed by atoms with E-state index in [1.807, 2.05) is 20.8 Å². The molecule has 4 heteroatoms. The number of rotatable bonds is 4. The number of amides is 1. The largest absolute Gasteiger partial charge is 0.384 e. The van der Waals surface area contributed by atoms with E-state index < -0.39 is 5.60 Å². The van der Waals surface area contributed by atoms with Gasteiger partial charge in [0.05, 0.1) is 6.54 Å². The Morgan fingerprint density at radius 1 is 1.25 bits per heavy atom. The first-order chi connectivity index (χ1) is 9.10. The molecule has 0 heterocycles. The SMILES string of the molecule is CC(C)(C)/C=C/C(=O)NCC(C)(O)c1ccc(F)cc1. The highest BCUT2D eigenvalue weighted by Gasteiger charge is 2.23. The van der Waals surface area contributed by atoms with E-state index >= 15 is 0 Å². The van der Waals surface area contributed by atoms with Crippen molar-refractivity contribution in [3.05, 3.63) is 47.8 Å². The van der Waals surface area contributed by atoms with Crippen LogP contribution in [-0.4, -0.2) is 17.6 Å². The fourth-order valence-electron chi connectivity index (χ4n) is 1.55. The van der Waals surface area contributed by atoms with Gasteiger partial charge in [0.1, 0.15) is 11.4 Å². The molecule has 2 N–H and O–H groups in total. The summed E-state index contributed by atoms with van der Waals surface area (Å²) in [6, 6.07) is 5.58. The average molecular weight is 279 g/mol. The normalized spacial score (nSPS) is 15.1. The monoisotopic (exact) mass is 279 g/mol. The van der Waals surface area contributed by atoms with Crippen LogP contribution in [0.25, 0.3) is 0 Å². The number of aliphatic hydroxyl groups is 1. The minimum atomic E-state index is -1.24. The van der Waals surface area contributed by atoms with E-state index in [0.717, 1.165) is 0 Å². The Balaban J connectivity index is 2.61. The number of nitrogens with one attached hydrogen (secondary N) is 1. The van der Waals surface area contributed by atoms with Crippen LogP contribution in [0, 0.1) is 11.2 Å². The smallest absolute Gasteiger partial charge is 0.243 e. The Morgan fingerprint density at radius 2 is 1.80 bits per heavy atom. The summed E-state index contributed by atoms with van der Waals surface area (Å²) in [5.74, 6) is -0.621. The third-order valence-electron chi connectivity index (χ3n) is 2.81. The fraction of sp³-hybridized carbons (Fsp3) is 0.438. The van der Waals surface area contributed by atoms with Gasteiger partial charge in [-0.2, -0.15) is 0 Å². The highest BCUT2D eigenvalue weighted by Crippen LogP contribution is 2.20. The van der Waals surface area contributed by atoms with Gasteiger partial charge in [-0.05, 0) is 36.1 Å². The minimum absolute atomic E-state index is 0.0615. The number of carbonyl (C=O) groups is 1. The molecule has 1 amide bonds. The Morgan fingerprint density at radius 3 is 2.30 bits per heavy atom. The predicted molar refractivity (Wildman–Crippen MR) is 77.6 cm³/mol. The zero-order valence-corrected chi connectivity index (χ0v) is 12.4. The summed E-state index contributed by atoms with van der Waals surface area (Å²) in [6.45, 7) is 7.61. The molecular formula is C16H22FNO2. The maximum absolute atomic E-state index is 12.8. The van der Waals surface area contributed by atoms with Gasteiger partial charge >= 0.3 is 0 Å².